The molecule has 0 aliphatic carbocycles. The molecule has 122 valence electrons. The highest BCUT2D eigenvalue weighted by atomic mass is 35.5. The summed E-state index contributed by atoms with van der Waals surface area (Å²) in [4.78, 5) is 5.96. The molecular weight excluding hydrogens is 360 g/mol. The summed E-state index contributed by atoms with van der Waals surface area (Å²) in [5, 5.41) is 14.2. The topological polar surface area (TPSA) is 44.6 Å². The molecule has 0 amide bonds. The molecule has 0 unspecified atom stereocenters. The van der Waals surface area contributed by atoms with Crippen molar-refractivity contribution in [1.29, 1.82) is 0 Å². The molecule has 1 aromatic heterocycles. The van der Waals surface area contributed by atoms with Crippen LogP contribution in [-0.4, -0.2) is 5.11 Å². The first kappa shape index (κ1) is 15.7. The van der Waals surface area contributed by atoms with Crippen molar-refractivity contribution in [3.63, 3.8) is 0 Å². The number of anilines is 1. The van der Waals surface area contributed by atoms with Gasteiger partial charge < -0.3 is 10.4 Å². The molecule has 1 aliphatic rings. The van der Waals surface area contributed by atoms with E-state index in [1.807, 2.05) is 12.1 Å². The van der Waals surface area contributed by atoms with Crippen LogP contribution in [0.3, 0.4) is 0 Å². The van der Waals surface area contributed by atoms with Crippen LogP contribution in [0.1, 0.15) is 18.7 Å². The average Bonchev–Trinajstić information content (AvgIpc) is 2.96. The second-order valence-corrected chi connectivity index (χ2v) is 8.78. The molecule has 2 N–H and O–H groups in total. The zero-order valence-corrected chi connectivity index (χ0v) is 15.5. The number of nitrogens with zero attached hydrogens (tertiary/aromatic N) is 1. The van der Waals surface area contributed by atoms with Crippen LogP contribution in [0.4, 0.5) is 11.4 Å². The molecule has 2 heterocycles. The number of para-hydroxylation sites is 1. The molecular formula is C18H15ClN2OS2. The van der Waals surface area contributed by atoms with Crippen LogP contribution >= 0.6 is 32.3 Å². The lowest BCUT2D eigenvalue weighted by Crippen LogP contribution is -2.31. The van der Waals surface area contributed by atoms with Crippen molar-refractivity contribution in [2.75, 3.05) is 5.32 Å². The second-order valence-electron chi connectivity index (χ2n) is 6.22. The van der Waals surface area contributed by atoms with E-state index in [-0.39, 0.29) is 11.3 Å². The van der Waals surface area contributed by atoms with Gasteiger partial charge in [0.2, 0.25) is 0 Å². The monoisotopic (exact) mass is 374 g/mol. The van der Waals surface area contributed by atoms with Gasteiger partial charge in [0, 0.05) is 21.8 Å². The van der Waals surface area contributed by atoms with Crippen molar-refractivity contribution in [3.05, 3.63) is 57.0 Å². The molecule has 6 heteroatoms. The smallest absolute Gasteiger partial charge is 0.141 e. The van der Waals surface area contributed by atoms with Gasteiger partial charge in [0.05, 0.1) is 10.4 Å². The summed E-state index contributed by atoms with van der Waals surface area (Å²) in [6.07, 6.45) is 0. The van der Waals surface area contributed by atoms with Crippen LogP contribution in [0.25, 0.3) is 11.1 Å². The van der Waals surface area contributed by atoms with Crippen molar-refractivity contribution in [3.8, 4) is 16.9 Å². The maximum Gasteiger partial charge on any atom is 0.141 e. The highest BCUT2D eigenvalue weighted by Gasteiger charge is 2.33. The summed E-state index contributed by atoms with van der Waals surface area (Å²) in [5.74, 6) is 0.132. The Morgan fingerprint density at radius 2 is 1.92 bits per heavy atom. The van der Waals surface area contributed by atoms with E-state index in [9.17, 15) is 5.11 Å². The van der Waals surface area contributed by atoms with Gasteiger partial charge >= 0.3 is 0 Å². The Morgan fingerprint density at radius 1 is 1.12 bits per heavy atom. The van der Waals surface area contributed by atoms with E-state index in [4.69, 9.17) is 16.6 Å². The molecule has 3 aromatic rings. The van der Waals surface area contributed by atoms with E-state index < -0.39 is 0 Å². The summed E-state index contributed by atoms with van der Waals surface area (Å²) >= 11 is 6.05. The first-order valence-corrected chi connectivity index (χ1v) is 10.0. The molecule has 1 aliphatic heterocycles. The molecule has 0 spiro atoms. The summed E-state index contributed by atoms with van der Waals surface area (Å²) in [6.45, 7) is 4.34. The van der Waals surface area contributed by atoms with Gasteiger partial charge in [-0.05, 0) is 38.1 Å². The Kier molecular flexibility index (Phi) is 3.67. The van der Waals surface area contributed by atoms with E-state index in [1.54, 1.807) is 38.9 Å². The third-order valence-corrected chi connectivity index (χ3v) is 6.89. The van der Waals surface area contributed by atoms with E-state index in [0.717, 1.165) is 21.5 Å². The van der Waals surface area contributed by atoms with Gasteiger partial charge in [-0.15, -0.1) is 0 Å². The molecule has 2 aromatic carbocycles. The summed E-state index contributed by atoms with van der Waals surface area (Å²) in [6, 6.07) is 13.2. The van der Waals surface area contributed by atoms with Crippen LogP contribution in [-0.2, 0) is 5.54 Å². The fraction of sp³-hybridized carbons (Fsp3) is 0.167. The minimum Gasteiger partial charge on any atom is -0.506 e. The van der Waals surface area contributed by atoms with Gasteiger partial charge in [-0.2, -0.15) is 0 Å². The normalized spacial score (nSPS) is 15.5. The standard InChI is InChI=1S/C18H15ClN2OS2/c1-18(2)16-15(11-5-3-4-6-12(11)21-18)17(24-23-16)20-13-9-10(19)7-8-14(13)22/h3-9,21-22H,1-2H3. The molecule has 0 saturated carbocycles. The lowest BCUT2D eigenvalue weighted by molar-refractivity contribution is 0.476. The van der Waals surface area contributed by atoms with Gasteiger partial charge in [-0.3, -0.25) is 0 Å². The van der Waals surface area contributed by atoms with Crippen molar-refractivity contribution in [2.24, 2.45) is 4.99 Å². The summed E-state index contributed by atoms with van der Waals surface area (Å²) in [5.41, 5.74) is 3.73. The molecule has 0 saturated heterocycles. The maximum absolute atomic E-state index is 10.1. The van der Waals surface area contributed by atoms with E-state index >= 15 is 0 Å². The van der Waals surface area contributed by atoms with Crippen molar-refractivity contribution < 1.29 is 5.11 Å². The van der Waals surface area contributed by atoms with Gasteiger partial charge in [0.25, 0.3) is 0 Å². The fourth-order valence-electron chi connectivity index (χ4n) is 2.89. The van der Waals surface area contributed by atoms with Crippen LogP contribution in [0.15, 0.2) is 47.5 Å². The quantitative estimate of drug-likeness (QED) is 0.534. The Labute approximate surface area is 152 Å². The fourth-order valence-corrected chi connectivity index (χ4v) is 5.99. The van der Waals surface area contributed by atoms with Crippen molar-refractivity contribution >= 4 is 43.7 Å². The van der Waals surface area contributed by atoms with E-state index in [0.29, 0.717) is 10.7 Å². The summed E-state index contributed by atoms with van der Waals surface area (Å²) in [7, 11) is 3.34. The summed E-state index contributed by atoms with van der Waals surface area (Å²) < 4.78 is 0.898. The number of hydrogen-bond donors (Lipinski definition) is 2. The van der Waals surface area contributed by atoms with Crippen LogP contribution in [0.5, 0.6) is 5.75 Å². The lowest BCUT2D eigenvalue weighted by Gasteiger charge is -2.33. The van der Waals surface area contributed by atoms with Crippen molar-refractivity contribution in [2.45, 2.75) is 19.4 Å². The Balaban J connectivity index is 2.00. The first-order valence-electron chi connectivity index (χ1n) is 7.50. The number of halogens is 1. The van der Waals surface area contributed by atoms with Gasteiger partial charge in [0.15, 0.2) is 0 Å². The van der Waals surface area contributed by atoms with Gasteiger partial charge in [-0.25, -0.2) is 4.99 Å². The van der Waals surface area contributed by atoms with Crippen LogP contribution < -0.4 is 9.99 Å². The SMILES string of the molecule is CC1(C)Nc2ccccc2-c2c1ssc2=Nc1cc(Cl)ccc1O. The van der Waals surface area contributed by atoms with E-state index in [1.165, 1.54) is 4.88 Å². The highest BCUT2D eigenvalue weighted by Crippen LogP contribution is 2.45. The number of nitrogens with one attached hydrogen (secondary N) is 1. The van der Waals surface area contributed by atoms with Crippen molar-refractivity contribution in [1.82, 2.24) is 0 Å². The molecule has 0 radical (unpaired) electrons. The number of rotatable bonds is 1. The lowest BCUT2D eigenvalue weighted by atomic mass is 9.90. The molecule has 0 fully saturated rings. The predicted octanol–water partition coefficient (Wildman–Crippen LogP) is 5.73. The minimum absolute atomic E-state index is 0.132. The zero-order valence-electron chi connectivity index (χ0n) is 13.1. The third-order valence-electron chi connectivity index (χ3n) is 4.02. The Bertz CT molecular complexity index is 1000. The number of aromatic hydroxyl groups is 1. The minimum atomic E-state index is -0.158. The third kappa shape index (κ3) is 2.53. The maximum atomic E-state index is 10.1. The highest BCUT2D eigenvalue weighted by molar-refractivity contribution is 7.68. The van der Waals surface area contributed by atoms with E-state index in [2.05, 4.69) is 31.3 Å². The predicted molar refractivity (Wildman–Crippen MR) is 103 cm³/mol. The molecule has 24 heavy (non-hydrogen) atoms. The van der Waals surface area contributed by atoms with Gasteiger partial charge in [-0.1, -0.05) is 50.5 Å². The van der Waals surface area contributed by atoms with Crippen LogP contribution in [0, 0.1) is 0 Å². The number of benzene rings is 2. The number of hydrogen-bond acceptors (Lipinski definition) is 5. The first-order chi connectivity index (χ1) is 11.5. The molecule has 3 nitrogen and oxygen atoms in total. The average molecular weight is 375 g/mol. The zero-order chi connectivity index (χ0) is 16.9. The Hall–Kier alpha value is -1.82. The largest absolute Gasteiger partial charge is 0.506 e. The number of phenols is 1. The second kappa shape index (κ2) is 5.62. The number of phenolic OH excluding ortho intramolecular Hbond substituents is 1. The molecule has 0 bridgehead atoms. The molecule has 4 rings (SSSR count). The van der Waals surface area contributed by atoms with Gasteiger partial charge in [0.1, 0.15) is 16.1 Å². The molecule has 0 atom stereocenters. The van der Waals surface area contributed by atoms with Crippen LogP contribution in [0.2, 0.25) is 5.02 Å². The number of fused-ring (bicyclic) bond motifs is 3. The Morgan fingerprint density at radius 3 is 2.75 bits per heavy atom.